The van der Waals surface area contributed by atoms with Gasteiger partial charge in [-0.15, -0.1) is 0 Å². The van der Waals surface area contributed by atoms with E-state index in [9.17, 15) is 4.79 Å². The van der Waals surface area contributed by atoms with Gasteiger partial charge in [0.25, 0.3) is 0 Å². The van der Waals surface area contributed by atoms with E-state index < -0.39 is 4.87 Å². The summed E-state index contributed by atoms with van der Waals surface area (Å²) >= 11 is 1.48. The van der Waals surface area contributed by atoms with E-state index in [2.05, 4.69) is 19.3 Å². The monoisotopic (exact) mass is 294 g/mol. The Balaban J connectivity index is 2.07. The lowest BCUT2D eigenvalue weighted by Crippen LogP contribution is -2.36. The average molecular weight is 294 g/mol. The number of carbonyl (C=O) groups is 1. The molecule has 1 aliphatic heterocycles. The summed E-state index contributed by atoms with van der Waals surface area (Å²) in [6, 6.07) is 9.77. The number of ether oxygens (including phenoxy) is 1. The molecule has 4 nitrogen and oxygen atoms in total. The van der Waals surface area contributed by atoms with Crippen molar-refractivity contribution in [3.63, 3.8) is 0 Å². The minimum absolute atomic E-state index is 0.201. The van der Waals surface area contributed by atoms with Crippen molar-refractivity contribution < 1.29 is 9.53 Å². The maximum absolute atomic E-state index is 12.3. The summed E-state index contributed by atoms with van der Waals surface area (Å²) in [5, 5.41) is 0. The Kier molecular flexibility index (Phi) is 5.07. The van der Waals surface area contributed by atoms with Gasteiger partial charge in [-0.25, -0.2) is 10.2 Å². The molecule has 1 aliphatic rings. The number of rotatable bonds is 7. The van der Waals surface area contributed by atoms with E-state index in [0.29, 0.717) is 12.5 Å². The summed E-state index contributed by atoms with van der Waals surface area (Å²) < 4.78 is 7.15. The van der Waals surface area contributed by atoms with Gasteiger partial charge >= 0.3 is 5.97 Å². The molecule has 1 saturated heterocycles. The average Bonchev–Trinajstić information content (AvgIpc) is 3.15. The molecule has 5 heteroatoms. The standard InChI is InChI=1S/C15H22N2O2S/c1-4-19-14(18)15(13-8-6-5-7-9-13)17(20-15)16-11-10-12(2)3/h5-9,12,16H,4,10-11H2,1-3H3. The smallest absolute Gasteiger partial charge is 0.345 e. The topological polar surface area (TPSA) is 41.3 Å². The molecule has 2 rings (SSSR count). The number of hydrogen-bond acceptors (Lipinski definition) is 5. The van der Waals surface area contributed by atoms with Crippen LogP contribution >= 0.6 is 11.9 Å². The minimum Gasteiger partial charge on any atom is -0.464 e. The van der Waals surface area contributed by atoms with Crippen LogP contribution in [0.1, 0.15) is 32.8 Å². The molecule has 1 aromatic rings. The zero-order valence-corrected chi connectivity index (χ0v) is 13.1. The van der Waals surface area contributed by atoms with Gasteiger partial charge in [0.1, 0.15) is 0 Å². The Morgan fingerprint density at radius 2 is 2.10 bits per heavy atom. The lowest BCUT2D eigenvalue weighted by Gasteiger charge is -2.15. The van der Waals surface area contributed by atoms with E-state index in [1.165, 1.54) is 11.9 Å². The summed E-state index contributed by atoms with van der Waals surface area (Å²) in [6.07, 6.45) is 1.07. The van der Waals surface area contributed by atoms with E-state index in [-0.39, 0.29) is 5.97 Å². The van der Waals surface area contributed by atoms with Crippen molar-refractivity contribution >= 4 is 17.9 Å². The Hall–Kier alpha value is -1.04. The molecule has 1 heterocycles. The molecule has 0 amide bonds. The van der Waals surface area contributed by atoms with E-state index >= 15 is 0 Å². The molecule has 1 fully saturated rings. The van der Waals surface area contributed by atoms with Gasteiger partial charge < -0.3 is 4.74 Å². The second-order valence-electron chi connectivity index (χ2n) is 5.21. The number of nitrogens with one attached hydrogen (secondary N) is 1. The van der Waals surface area contributed by atoms with Crippen molar-refractivity contribution in [2.45, 2.75) is 32.1 Å². The van der Waals surface area contributed by atoms with Gasteiger partial charge in [-0.2, -0.15) is 4.41 Å². The maximum atomic E-state index is 12.3. The second kappa shape index (κ2) is 6.61. The van der Waals surface area contributed by atoms with Crippen LogP contribution in [0.2, 0.25) is 0 Å². The van der Waals surface area contributed by atoms with Gasteiger partial charge in [0.15, 0.2) is 0 Å². The van der Waals surface area contributed by atoms with Gasteiger partial charge in [-0.3, -0.25) is 0 Å². The molecule has 0 aliphatic carbocycles. The quantitative estimate of drug-likeness (QED) is 0.476. The van der Waals surface area contributed by atoms with Crippen LogP contribution < -0.4 is 5.43 Å². The van der Waals surface area contributed by atoms with Crippen molar-refractivity contribution in [1.82, 2.24) is 9.84 Å². The Labute approximate surface area is 125 Å². The van der Waals surface area contributed by atoms with Crippen molar-refractivity contribution in [2.24, 2.45) is 5.92 Å². The lowest BCUT2D eigenvalue weighted by molar-refractivity contribution is -0.148. The number of hydrazine groups is 1. The van der Waals surface area contributed by atoms with Crippen LogP contribution in [-0.2, 0) is 14.4 Å². The molecule has 0 spiro atoms. The SMILES string of the molecule is CCOC(=O)C1(c2ccccc2)SN1NCCC(C)C. The highest BCUT2D eigenvalue weighted by Gasteiger charge is 2.63. The molecule has 0 bridgehead atoms. The van der Waals surface area contributed by atoms with E-state index in [4.69, 9.17) is 4.74 Å². The summed E-state index contributed by atoms with van der Waals surface area (Å²) in [5.74, 6) is 0.439. The highest BCUT2D eigenvalue weighted by atomic mass is 32.2. The predicted molar refractivity (Wildman–Crippen MR) is 81.6 cm³/mol. The van der Waals surface area contributed by atoms with Crippen molar-refractivity contribution in [1.29, 1.82) is 0 Å². The molecule has 20 heavy (non-hydrogen) atoms. The van der Waals surface area contributed by atoms with Gasteiger partial charge in [0, 0.05) is 6.54 Å². The Morgan fingerprint density at radius 3 is 2.70 bits per heavy atom. The molecule has 2 atom stereocenters. The lowest BCUT2D eigenvalue weighted by atomic mass is 10.1. The van der Waals surface area contributed by atoms with Crippen LogP contribution in [-0.4, -0.2) is 23.5 Å². The summed E-state index contributed by atoms with van der Waals surface area (Å²) in [4.78, 5) is 11.6. The third kappa shape index (κ3) is 3.16. The highest BCUT2D eigenvalue weighted by molar-refractivity contribution is 8.05. The largest absolute Gasteiger partial charge is 0.464 e. The molecule has 2 unspecified atom stereocenters. The van der Waals surface area contributed by atoms with Crippen LogP contribution in [0.15, 0.2) is 30.3 Å². The first kappa shape index (κ1) is 15.4. The third-order valence-corrected chi connectivity index (χ3v) is 4.43. The predicted octanol–water partition coefficient (Wildman–Crippen LogP) is 2.92. The molecule has 0 saturated carbocycles. The van der Waals surface area contributed by atoms with E-state index in [1.54, 1.807) is 0 Å². The second-order valence-corrected chi connectivity index (χ2v) is 6.35. The van der Waals surface area contributed by atoms with Crippen LogP contribution in [0.5, 0.6) is 0 Å². The summed E-state index contributed by atoms with van der Waals surface area (Å²) in [7, 11) is 0. The molecular formula is C15H22N2O2S. The number of carbonyl (C=O) groups excluding carboxylic acids is 1. The van der Waals surface area contributed by atoms with Crippen LogP contribution in [0, 0.1) is 5.92 Å². The molecule has 1 aromatic carbocycles. The first-order chi connectivity index (χ1) is 9.61. The van der Waals surface area contributed by atoms with Gasteiger partial charge in [0.05, 0.1) is 6.61 Å². The maximum Gasteiger partial charge on any atom is 0.345 e. The Bertz CT molecular complexity index is 452. The summed E-state index contributed by atoms with van der Waals surface area (Å²) in [5.41, 5.74) is 4.27. The van der Waals surface area contributed by atoms with E-state index in [1.807, 2.05) is 41.7 Å². The number of nitrogens with zero attached hydrogens (tertiary/aromatic N) is 1. The molecule has 110 valence electrons. The zero-order chi connectivity index (χ0) is 14.6. The zero-order valence-electron chi connectivity index (χ0n) is 12.3. The number of hydrogen-bond donors (Lipinski definition) is 1. The van der Waals surface area contributed by atoms with Gasteiger partial charge in [-0.1, -0.05) is 44.2 Å². The first-order valence-electron chi connectivity index (χ1n) is 7.07. The third-order valence-electron chi connectivity index (χ3n) is 3.17. The van der Waals surface area contributed by atoms with Gasteiger partial charge in [-0.05, 0) is 36.8 Å². The minimum atomic E-state index is -0.714. The molecular weight excluding hydrogens is 272 g/mol. The summed E-state index contributed by atoms with van der Waals surface area (Å²) in [6.45, 7) is 7.46. The van der Waals surface area contributed by atoms with E-state index in [0.717, 1.165) is 18.5 Å². The van der Waals surface area contributed by atoms with Crippen molar-refractivity contribution in [3.05, 3.63) is 35.9 Å². The molecule has 1 N–H and O–H groups in total. The first-order valence-corrected chi connectivity index (χ1v) is 7.84. The highest BCUT2D eigenvalue weighted by Crippen LogP contribution is 2.58. The number of esters is 1. The molecule has 0 aromatic heterocycles. The normalized spacial score (nSPS) is 24.7. The van der Waals surface area contributed by atoms with Crippen LogP contribution in [0.4, 0.5) is 0 Å². The fourth-order valence-electron chi connectivity index (χ4n) is 2.01. The number of benzene rings is 1. The fraction of sp³-hybridized carbons (Fsp3) is 0.533. The van der Waals surface area contributed by atoms with Crippen molar-refractivity contribution in [2.75, 3.05) is 13.2 Å². The van der Waals surface area contributed by atoms with Crippen LogP contribution in [0.3, 0.4) is 0 Å². The van der Waals surface area contributed by atoms with Crippen LogP contribution in [0.25, 0.3) is 0 Å². The fourth-order valence-corrected chi connectivity index (χ4v) is 3.01. The van der Waals surface area contributed by atoms with Crippen molar-refractivity contribution in [3.8, 4) is 0 Å². The molecule has 0 radical (unpaired) electrons. The van der Waals surface area contributed by atoms with Gasteiger partial charge in [0.2, 0.25) is 4.87 Å². The Morgan fingerprint density at radius 1 is 1.40 bits per heavy atom.